The van der Waals surface area contributed by atoms with E-state index < -0.39 is 0 Å². The fourth-order valence-corrected chi connectivity index (χ4v) is 2.54. The molecule has 0 saturated carbocycles. The van der Waals surface area contributed by atoms with E-state index in [4.69, 9.17) is 5.10 Å². The molecule has 0 aliphatic heterocycles. The molecule has 1 atom stereocenters. The summed E-state index contributed by atoms with van der Waals surface area (Å²) in [4.78, 5) is 0. The number of nitrogens with one attached hydrogen (secondary N) is 1. The first-order valence-electron chi connectivity index (χ1n) is 6.19. The number of rotatable bonds is 2. The topological polar surface area (TPSA) is 29.9 Å². The Kier molecular flexibility index (Phi) is 2.69. The van der Waals surface area contributed by atoms with Crippen molar-refractivity contribution >= 4 is 0 Å². The number of hydrogen-bond acceptors (Lipinski definition) is 2. The fourth-order valence-electron chi connectivity index (χ4n) is 2.54. The lowest BCUT2D eigenvalue weighted by Gasteiger charge is -2.19. The lowest BCUT2D eigenvalue weighted by Crippen LogP contribution is -2.21. The summed E-state index contributed by atoms with van der Waals surface area (Å²) in [5.74, 6) is 0. The first kappa shape index (κ1) is 10.5. The van der Waals surface area contributed by atoms with Gasteiger partial charge in [-0.2, -0.15) is 5.10 Å². The van der Waals surface area contributed by atoms with Gasteiger partial charge in [0.15, 0.2) is 0 Å². The Morgan fingerprint density at radius 3 is 2.88 bits per heavy atom. The Hall–Kier alpha value is -1.61. The van der Waals surface area contributed by atoms with E-state index in [1.807, 2.05) is 29.9 Å². The highest BCUT2D eigenvalue weighted by molar-refractivity contribution is 5.34. The molecule has 17 heavy (non-hydrogen) atoms. The molecular weight excluding hydrogens is 210 g/mol. The second-order valence-electron chi connectivity index (χ2n) is 4.55. The summed E-state index contributed by atoms with van der Waals surface area (Å²) in [7, 11) is 2.02. The molecule has 1 aliphatic rings. The monoisotopic (exact) mass is 227 g/mol. The quantitative estimate of drug-likeness (QED) is 0.854. The normalized spacial score (nSPS) is 19.0. The Morgan fingerprint density at radius 1 is 1.29 bits per heavy atom. The molecule has 0 spiro atoms. The third kappa shape index (κ3) is 1.87. The van der Waals surface area contributed by atoms with Crippen LogP contribution in [0.25, 0.3) is 5.69 Å². The number of aromatic nitrogens is 2. The van der Waals surface area contributed by atoms with E-state index in [1.54, 1.807) is 0 Å². The van der Waals surface area contributed by atoms with E-state index in [9.17, 15) is 0 Å². The van der Waals surface area contributed by atoms with Crippen LogP contribution in [0.4, 0.5) is 0 Å². The zero-order chi connectivity index (χ0) is 11.7. The first-order valence-corrected chi connectivity index (χ1v) is 6.19. The molecule has 88 valence electrons. The van der Waals surface area contributed by atoms with Crippen LogP contribution in [0.1, 0.15) is 30.1 Å². The maximum absolute atomic E-state index is 4.73. The zero-order valence-electron chi connectivity index (χ0n) is 10.1. The fraction of sp³-hybridized carbons (Fsp3) is 0.357. The highest BCUT2D eigenvalue weighted by Gasteiger charge is 2.22. The number of aryl methyl sites for hydroxylation is 1. The minimum Gasteiger partial charge on any atom is -0.312 e. The van der Waals surface area contributed by atoms with Gasteiger partial charge in [0.2, 0.25) is 0 Å². The van der Waals surface area contributed by atoms with Crippen LogP contribution < -0.4 is 5.32 Å². The Balaban J connectivity index is 2.02. The van der Waals surface area contributed by atoms with Crippen molar-refractivity contribution in [3.05, 3.63) is 47.8 Å². The molecule has 1 N–H and O–H groups in total. The van der Waals surface area contributed by atoms with E-state index in [0.717, 1.165) is 12.1 Å². The van der Waals surface area contributed by atoms with Gasteiger partial charge >= 0.3 is 0 Å². The molecule has 0 saturated heterocycles. The Labute approximate surface area is 101 Å². The predicted molar refractivity (Wildman–Crippen MR) is 68.3 cm³/mol. The third-order valence-electron chi connectivity index (χ3n) is 3.46. The van der Waals surface area contributed by atoms with Gasteiger partial charge in [-0.3, -0.25) is 0 Å². The van der Waals surface area contributed by atoms with Crippen molar-refractivity contribution in [2.24, 2.45) is 0 Å². The molecule has 1 aliphatic carbocycles. The van der Waals surface area contributed by atoms with E-state index in [1.165, 1.54) is 24.1 Å². The van der Waals surface area contributed by atoms with Crippen LogP contribution in [-0.2, 0) is 6.42 Å². The summed E-state index contributed by atoms with van der Waals surface area (Å²) in [5, 5.41) is 8.08. The average Bonchev–Trinajstić information content (AvgIpc) is 2.83. The Bertz CT molecular complexity index is 501. The minimum atomic E-state index is 0.420. The van der Waals surface area contributed by atoms with Crippen LogP contribution in [0.2, 0.25) is 0 Å². The van der Waals surface area contributed by atoms with Gasteiger partial charge in [-0.05, 0) is 44.0 Å². The highest BCUT2D eigenvalue weighted by atomic mass is 15.3. The van der Waals surface area contributed by atoms with Crippen molar-refractivity contribution in [3.63, 3.8) is 0 Å². The number of nitrogens with zero attached hydrogens (tertiary/aromatic N) is 2. The van der Waals surface area contributed by atoms with Crippen molar-refractivity contribution in [2.45, 2.75) is 25.3 Å². The van der Waals surface area contributed by atoms with E-state index in [0.29, 0.717) is 6.04 Å². The molecule has 3 rings (SSSR count). The van der Waals surface area contributed by atoms with Gasteiger partial charge in [0, 0.05) is 6.20 Å². The van der Waals surface area contributed by atoms with Crippen molar-refractivity contribution in [1.29, 1.82) is 0 Å². The number of fused-ring (bicyclic) bond motifs is 1. The number of hydrogen-bond donors (Lipinski definition) is 1. The second-order valence-corrected chi connectivity index (χ2v) is 4.55. The lowest BCUT2D eigenvalue weighted by atomic mass is 9.94. The molecule has 0 radical (unpaired) electrons. The SMILES string of the molecule is CNC1CCCc2cn(-c3ccccc3)nc21. The molecule has 0 bridgehead atoms. The van der Waals surface area contributed by atoms with Crippen molar-refractivity contribution < 1.29 is 0 Å². The molecule has 1 aromatic carbocycles. The van der Waals surface area contributed by atoms with Crippen LogP contribution in [-0.4, -0.2) is 16.8 Å². The van der Waals surface area contributed by atoms with E-state index >= 15 is 0 Å². The smallest absolute Gasteiger partial charge is 0.0830 e. The molecule has 1 heterocycles. The highest BCUT2D eigenvalue weighted by Crippen LogP contribution is 2.28. The van der Waals surface area contributed by atoms with E-state index in [-0.39, 0.29) is 0 Å². The maximum atomic E-state index is 4.73. The van der Waals surface area contributed by atoms with Gasteiger partial charge in [-0.15, -0.1) is 0 Å². The molecule has 3 nitrogen and oxygen atoms in total. The molecule has 3 heteroatoms. The Morgan fingerprint density at radius 2 is 2.12 bits per heavy atom. The first-order chi connectivity index (χ1) is 8.38. The van der Waals surface area contributed by atoms with Crippen molar-refractivity contribution in [3.8, 4) is 5.69 Å². The molecule has 0 amide bonds. The second kappa shape index (κ2) is 4.34. The third-order valence-corrected chi connectivity index (χ3v) is 3.46. The predicted octanol–water partition coefficient (Wildman–Crippen LogP) is 2.47. The van der Waals surface area contributed by atoms with Gasteiger partial charge in [-0.1, -0.05) is 18.2 Å². The van der Waals surface area contributed by atoms with Gasteiger partial charge in [0.25, 0.3) is 0 Å². The molecule has 1 unspecified atom stereocenters. The number of para-hydroxylation sites is 1. The van der Waals surface area contributed by atoms with E-state index in [2.05, 4.69) is 23.6 Å². The summed E-state index contributed by atoms with van der Waals surface area (Å²) in [5.41, 5.74) is 3.75. The van der Waals surface area contributed by atoms with Gasteiger partial charge in [0.05, 0.1) is 17.4 Å². The summed E-state index contributed by atoms with van der Waals surface area (Å²) in [6.45, 7) is 0. The van der Waals surface area contributed by atoms with Crippen LogP contribution >= 0.6 is 0 Å². The van der Waals surface area contributed by atoms with Crippen molar-refractivity contribution in [2.75, 3.05) is 7.05 Å². The van der Waals surface area contributed by atoms with Crippen LogP contribution in [0.15, 0.2) is 36.5 Å². The molecular formula is C14H17N3. The minimum absolute atomic E-state index is 0.420. The van der Waals surface area contributed by atoms with Gasteiger partial charge in [-0.25, -0.2) is 4.68 Å². The molecule has 2 aromatic rings. The van der Waals surface area contributed by atoms with Crippen molar-refractivity contribution in [1.82, 2.24) is 15.1 Å². The zero-order valence-corrected chi connectivity index (χ0v) is 10.1. The maximum Gasteiger partial charge on any atom is 0.0830 e. The summed E-state index contributed by atoms with van der Waals surface area (Å²) in [6.07, 6.45) is 5.77. The van der Waals surface area contributed by atoms with Crippen LogP contribution in [0, 0.1) is 0 Å². The van der Waals surface area contributed by atoms with Crippen LogP contribution in [0.5, 0.6) is 0 Å². The summed E-state index contributed by atoms with van der Waals surface area (Å²) >= 11 is 0. The van der Waals surface area contributed by atoms with Gasteiger partial charge < -0.3 is 5.32 Å². The number of benzene rings is 1. The summed E-state index contributed by atoms with van der Waals surface area (Å²) in [6, 6.07) is 10.7. The standard InChI is InChI=1S/C14H17N3/c1-15-13-9-5-6-11-10-17(16-14(11)13)12-7-3-2-4-8-12/h2-4,7-8,10,13,15H,5-6,9H2,1H3. The van der Waals surface area contributed by atoms with Gasteiger partial charge in [0.1, 0.15) is 0 Å². The molecule has 1 aromatic heterocycles. The largest absolute Gasteiger partial charge is 0.312 e. The molecule has 0 fully saturated rings. The lowest BCUT2D eigenvalue weighted by molar-refractivity contribution is 0.484. The average molecular weight is 227 g/mol. The van der Waals surface area contributed by atoms with Crippen LogP contribution in [0.3, 0.4) is 0 Å². The summed E-state index contributed by atoms with van der Waals surface area (Å²) < 4.78 is 2.00.